The van der Waals surface area contributed by atoms with Crippen molar-refractivity contribution in [1.29, 1.82) is 0 Å². The van der Waals surface area contributed by atoms with Gasteiger partial charge in [-0.15, -0.1) is 0 Å². The van der Waals surface area contributed by atoms with Crippen LogP contribution >= 0.6 is 0 Å². The van der Waals surface area contributed by atoms with Gasteiger partial charge in [-0.1, -0.05) is 0 Å². The fourth-order valence-electron chi connectivity index (χ4n) is 5.84. The minimum absolute atomic E-state index is 0.143. The summed E-state index contributed by atoms with van der Waals surface area (Å²) in [5.41, 5.74) is -0.846. The SMILES string of the molecule is COc1cc(-c2cc(C(=O)N3CC[C@H](C(=O)N[C@@H]4CCCn5cc(C(F)(F)F)nc54)CC34CC4)[nH]n2)c(F)cn1. The fraction of sp³-hybridized carbons (Fsp3) is 0.500. The van der Waals surface area contributed by atoms with Gasteiger partial charge in [-0.05, 0) is 44.6 Å². The minimum Gasteiger partial charge on any atom is -0.481 e. The number of fused-ring (bicyclic) bond motifs is 1. The van der Waals surface area contributed by atoms with Crippen LogP contribution in [0.2, 0.25) is 0 Å². The van der Waals surface area contributed by atoms with Crippen LogP contribution in [0.5, 0.6) is 5.88 Å². The number of amides is 2. The van der Waals surface area contributed by atoms with Gasteiger partial charge in [0.05, 0.1) is 25.0 Å². The number of ether oxygens (including phenoxy) is 1. The van der Waals surface area contributed by atoms with E-state index in [9.17, 15) is 27.2 Å². The number of aromatic amines is 1. The molecule has 3 aliphatic rings. The summed E-state index contributed by atoms with van der Waals surface area (Å²) in [7, 11) is 1.41. The highest BCUT2D eigenvalue weighted by atomic mass is 19.4. The molecule has 1 saturated carbocycles. The molecule has 1 spiro atoms. The number of hydrogen-bond acceptors (Lipinski definition) is 6. The predicted molar refractivity (Wildman–Crippen MR) is 131 cm³/mol. The molecule has 6 rings (SSSR count). The van der Waals surface area contributed by atoms with Crippen LogP contribution in [0.4, 0.5) is 17.6 Å². The molecule has 2 N–H and O–H groups in total. The number of aryl methyl sites for hydroxylation is 1. The number of hydrogen-bond donors (Lipinski definition) is 2. The normalized spacial score (nSPS) is 21.7. The van der Waals surface area contributed by atoms with Gasteiger partial charge in [0.2, 0.25) is 11.8 Å². The Hall–Kier alpha value is -3.97. The van der Waals surface area contributed by atoms with Crippen LogP contribution in [0, 0.1) is 11.7 Å². The van der Waals surface area contributed by atoms with E-state index in [0.717, 1.165) is 25.2 Å². The molecule has 2 fully saturated rings. The van der Waals surface area contributed by atoms with E-state index >= 15 is 0 Å². The molecule has 1 aliphatic carbocycles. The second-order valence-electron chi connectivity index (χ2n) is 10.6. The number of nitrogens with zero attached hydrogens (tertiary/aromatic N) is 5. The van der Waals surface area contributed by atoms with Crippen molar-refractivity contribution in [2.45, 2.75) is 62.8 Å². The van der Waals surface area contributed by atoms with Gasteiger partial charge in [0.1, 0.15) is 11.5 Å². The maximum absolute atomic E-state index is 14.4. The molecule has 0 unspecified atom stereocenters. The molecule has 1 saturated heterocycles. The highest BCUT2D eigenvalue weighted by Crippen LogP contribution is 2.50. The average molecular weight is 562 g/mol. The minimum atomic E-state index is -4.55. The van der Waals surface area contributed by atoms with Crippen molar-refractivity contribution in [2.75, 3.05) is 13.7 Å². The number of halogens is 4. The van der Waals surface area contributed by atoms with Gasteiger partial charge in [-0.25, -0.2) is 14.4 Å². The highest BCUT2D eigenvalue weighted by molar-refractivity contribution is 5.94. The number of carbonyl (C=O) groups is 2. The maximum Gasteiger partial charge on any atom is 0.434 e. The number of piperidine rings is 1. The lowest BCUT2D eigenvalue weighted by molar-refractivity contribution is -0.141. The van der Waals surface area contributed by atoms with Gasteiger partial charge in [-0.3, -0.25) is 14.7 Å². The zero-order valence-electron chi connectivity index (χ0n) is 21.6. The van der Waals surface area contributed by atoms with E-state index in [-0.39, 0.29) is 46.4 Å². The van der Waals surface area contributed by atoms with Crippen LogP contribution in [0.1, 0.15) is 66.6 Å². The van der Waals surface area contributed by atoms with Gasteiger partial charge in [-0.2, -0.15) is 18.3 Å². The maximum atomic E-state index is 14.4. The quantitative estimate of drug-likeness (QED) is 0.457. The summed E-state index contributed by atoms with van der Waals surface area (Å²) < 4.78 is 60.4. The first-order valence-electron chi connectivity index (χ1n) is 13.1. The van der Waals surface area contributed by atoms with E-state index in [1.165, 1.54) is 23.8 Å². The van der Waals surface area contributed by atoms with Crippen molar-refractivity contribution >= 4 is 11.8 Å². The van der Waals surface area contributed by atoms with Gasteiger partial charge in [0, 0.05) is 42.4 Å². The Bertz CT molecular complexity index is 1460. The molecule has 3 aromatic heterocycles. The topological polar surface area (TPSA) is 118 Å². The summed E-state index contributed by atoms with van der Waals surface area (Å²) in [5.74, 6) is -1.08. The Morgan fingerprint density at radius 2 is 2.00 bits per heavy atom. The van der Waals surface area contributed by atoms with E-state index in [4.69, 9.17) is 4.74 Å². The van der Waals surface area contributed by atoms with Crippen LogP contribution in [-0.4, -0.2) is 60.6 Å². The lowest BCUT2D eigenvalue weighted by Crippen LogP contribution is -2.51. The summed E-state index contributed by atoms with van der Waals surface area (Å²) in [4.78, 5) is 36.0. The standard InChI is InChI=1S/C26H27F4N7O3/c1-40-21-9-15(16(27)12-31-21)18-10-19(35-34-18)24(39)37-8-4-14(11-25(37)5-6-25)23(38)32-17-3-2-7-36-13-20(26(28,29)30)33-22(17)36/h9-10,12-14,17H,2-8,11H2,1H3,(H,32,38)(H,34,35)/t14-,17+/m0/s1. The lowest BCUT2D eigenvalue weighted by Gasteiger charge is -2.40. The molecular weight excluding hydrogens is 534 g/mol. The predicted octanol–water partition coefficient (Wildman–Crippen LogP) is 3.87. The Kier molecular flexibility index (Phi) is 6.30. The molecule has 3 aromatic rings. The lowest BCUT2D eigenvalue weighted by atomic mass is 9.87. The van der Waals surface area contributed by atoms with E-state index < -0.39 is 29.3 Å². The van der Waals surface area contributed by atoms with Crippen molar-refractivity contribution in [3.05, 3.63) is 47.6 Å². The first-order valence-corrected chi connectivity index (χ1v) is 13.1. The monoisotopic (exact) mass is 561 g/mol. The molecule has 0 radical (unpaired) electrons. The molecule has 2 amide bonds. The van der Waals surface area contributed by atoms with Gasteiger partial charge in [0.25, 0.3) is 5.91 Å². The van der Waals surface area contributed by atoms with Crippen LogP contribution in [0.3, 0.4) is 0 Å². The molecular formula is C26H27F4N7O3. The molecule has 2 atom stereocenters. The Labute approximate surface area is 226 Å². The number of carbonyl (C=O) groups excluding carboxylic acids is 2. The first kappa shape index (κ1) is 26.3. The zero-order chi connectivity index (χ0) is 28.2. The van der Waals surface area contributed by atoms with Crippen LogP contribution in [0.15, 0.2) is 24.5 Å². The van der Waals surface area contributed by atoms with Crippen LogP contribution in [0.25, 0.3) is 11.3 Å². The van der Waals surface area contributed by atoms with Crippen molar-refractivity contribution < 1.29 is 31.9 Å². The summed E-state index contributed by atoms with van der Waals surface area (Å²) in [6.07, 6.45) is 0.949. The average Bonchev–Trinajstić information content (AvgIpc) is 3.31. The van der Waals surface area contributed by atoms with Gasteiger partial charge < -0.3 is 19.5 Å². The molecule has 14 heteroatoms. The van der Waals surface area contributed by atoms with Crippen molar-refractivity contribution in [3.63, 3.8) is 0 Å². The third-order valence-electron chi connectivity index (χ3n) is 8.08. The number of likely N-dealkylation sites (tertiary alicyclic amines) is 1. The Morgan fingerprint density at radius 3 is 2.73 bits per heavy atom. The summed E-state index contributed by atoms with van der Waals surface area (Å²) in [6.45, 7) is 0.755. The number of imidazole rings is 1. The fourth-order valence-corrected chi connectivity index (χ4v) is 5.84. The molecule has 5 heterocycles. The Balaban J connectivity index is 1.13. The van der Waals surface area contributed by atoms with E-state index in [2.05, 4.69) is 25.5 Å². The smallest absolute Gasteiger partial charge is 0.434 e. The molecule has 0 bridgehead atoms. The second kappa shape index (κ2) is 9.59. The number of methoxy groups -OCH3 is 1. The molecule has 0 aromatic carbocycles. The molecule has 40 heavy (non-hydrogen) atoms. The first-order chi connectivity index (χ1) is 19.1. The van der Waals surface area contributed by atoms with Crippen molar-refractivity contribution in [1.82, 2.24) is 34.9 Å². The number of alkyl halides is 3. The van der Waals surface area contributed by atoms with Crippen molar-refractivity contribution in [3.8, 4) is 17.1 Å². The number of pyridine rings is 1. The summed E-state index contributed by atoms with van der Waals surface area (Å²) in [5, 5.41) is 9.74. The van der Waals surface area contributed by atoms with Crippen LogP contribution < -0.4 is 10.1 Å². The zero-order valence-corrected chi connectivity index (χ0v) is 21.6. The summed E-state index contributed by atoms with van der Waals surface area (Å²) >= 11 is 0. The van der Waals surface area contributed by atoms with E-state index in [0.29, 0.717) is 38.8 Å². The highest BCUT2D eigenvalue weighted by Gasteiger charge is 2.55. The number of H-pyrrole nitrogens is 1. The third kappa shape index (κ3) is 4.68. The largest absolute Gasteiger partial charge is 0.481 e. The van der Waals surface area contributed by atoms with Gasteiger partial charge in [0.15, 0.2) is 11.5 Å². The van der Waals surface area contributed by atoms with Gasteiger partial charge >= 0.3 is 6.18 Å². The Morgan fingerprint density at radius 1 is 1.20 bits per heavy atom. The number of aromatic nitrogens is 5. The van der Waals surface area contributed by atoms with Crippen molar-refractivity contribution in [2.24, 2.45) is 5.92 Å². The molecule has 212 valence electrons. The summed E-state index contributed by atoms with van der Waals surface area (Å²) in [6, 6.07) is 2.28. The van der Waals surface area contributed by atoms with E-state index in [1.54, 1.807) is 4.90 Å². The third-order valence-corrected chi connectivity index (χ3v) is 8.08. The van der Waals surface area contributed by atoms with Crippen LogP contribution in [-0.2, 0) is 17.5 Å². The van der Waals surface area contributed by atoms with E-state index in [1.807, 2.05) is 0 Å². The molecule has 10 nitrogen and oxygen atoms in total. The second-order valence-corrected chi connectivity index (χ2v) is 10.6. The molecule has 2 aliphatic heterocycles. The number of nitrogens with one attached hydrogen (secondary N) is 2. The number of rotatable bonds is 5.